The van der Waals surface area contributed by atoms with Crippen LogP contribution in [0.15, 0.2) is 6.20 Å². The highest BCUT2D eigenvalue weighted by molar-refractivity contribution is 5.73. The molecule has 0 spiro atoms. The Hall–Kier alpha value is -2.06. The fourth-order valence-electron chi connectivity index (χ4n) is 1.39. The van der Waals surface area contributed by atoms with Crippen molar-refractivity contribution in [3.8, 4) is 11.5 Å². The first kappa shape index (κ1) is 16.0. The van der Waals surface area contributed by atoms with Gasteiger partial charge < -0.3 is 14.6 Å². The number of pyridine rings is 1. The zero-order valence-electron chi connectivity index (χ0n) is 10.3. The minimum Gasteiger partial charge on any atom is -0.505 e. The summed E-state index contributed by atoms with van der Waals surface area (Å²) in [5.41, 5.74) is -1.01. The lowest BCUT2D eigenvalue weighted by atomic mass is 10.1. The van der Waals surface area contributed by atoms with E-state index in [9.17, 15) is 27.5 Å². The van der Waals surface area contributed by atoms with Crippen molar-refractivity contribution in [3.63, 3.8) is 0 Å². The van der Waals surface area contributed by atoms with E-state index in [1.54, 1.807) is 6.92 Å². The van der Waals surface area contributed by atoms with Crippen LogP contribution in [-0.2, 0) is 22.6 Å². The summed E-state index contributed by atoms with van der Waals surface area (Å²) in [6.07, 6.45) is -4.93. The molecule has 0 aliphatic carbocycles. The Balaban J connectivity index is 3.05. The zero-order chi connectivity index (χ0) is 15.3. The van der Waals surface area contributed by atoms with Crippen molar-refractivity contribution in [3.05, 3.63) is 17.5 Å². The number of carbonyl (C=O) groups excluding carboxylic acids is 1. The number of aromatic hydroxyl groups is 1. The molecule has 1 aromatic heterocycles. The van der Waals surface area contributed by atoms with Gasteiger partial charge in [0.15, 0.2) is 5.75 Å². The molecule has 5 nitrogen and oxygen atoms in total. The highest BCUT2D eigenvalue weighted by Crippen LogP contribution is 2.34. The van der Waals surface area contributed by atoms with Crippen LogP contribution in [0.3, 0.4) is 0 Å². The van der Waals surface area contributed by atoms with Crippen LogP contribution in [0.2, 0.25) is 0 Å². The Labute approximate surface area is 111 Å². The summed E-state index contributed by atoms with van der Waals surface area (Å²) in [6.45, 7) is 0.235. The van der Waals surface area contributed by atoms with Gasteiger partial charge in [0.05, 0.1) is 30.5 Å². The maximum atomic E-state index is 12.7. The van der Waals surface area contributed by atoms with Crippen LogP contribution >= 0.6 is 0 Å². The molecule has 20 heavy (non-hydrogen) atoms. The predicted molar refractivity (Wildman–Crippen MR) is 57.7 cm³/mol. The molecule has 0 atom stereocenters. The predicted octanol–water partition coefficient (Wildman–Crippen LogP) is 2.26. The molecule has 1 rings (SSSR count). The van der Waals surface area contributed by atoms with Gasteiger partial charge in [-0.3, -0.25) is 9.78 Å². The third kappa shape index (κ3) is 4.25. The normalized spacial score (nSPS) is 11.2. The minimum absolute atomic E-state index is 0.0881. The first-order valence-electron chi connectivity index (χ1n) is 5.45. The van der Waals surface area contributed by atoms with Crippen LogP contribution in [0, 0.1) is 0 Å². The Morgan fingerprint density at radius 1 is 1.45 bits per heavy atom. The quantitative estimate of drug-likeness (QED) is 0.667. The number of esters is 1. The van der Waals surface area contributed by atoms with E-state index in [0.717, 1.165) is 0 Å². The first-order chi connectivity index (χ1) is 9.28. The average Bonchev–Trinajstić information content (AvgIpc) is 2.31. The highest BCUT2D eigenvalue weighted by atomic mass is 19.4. The fourth-order valence-corrected chi connectivity index (χ4v) is 1.39. The number of nitrogens with zero attached hydrogens (tertiary/aromatic N) is 1. The number of alkyl halides is 4. The van der Waals surface area contributed by atoms with Gasteiger partial charge in [-0.2, -0.15) is 0 Å². The third-order valence-corrected chi connectivity index (χ3v) is 2.17. The lowest BCUT2D eigenvalue weighted by Crippen LogP contribution is -2.19. The maximum Gasteiger partial charge on any atom is 0.573 e. The molecule has 0 aliphatic rings. The van der Waals surface area contributed by atoms with Crippen molar-refractivity contribution in [1.29, 1.82) is 0 Å². The molecule has 1 aromatic rings. The third-order valence-electron chi connectivity index (χ3n) is 2.17. The van der Waals surface area contributed by atoms with Gasteiger partial charge in [0.1, 0.15) is 12.4 Å². The van der Waals surface area contributed by atoms with Crippen LogP contribution in [0.5, 0.6) is 11.5 Å². The van der Waals surface area contributed by atoms with Gasteiger partial charge in [0, 0.05) is 0 Å². The van der Waals surface area contributed by atoms with Gasteiger partial charge in [0.25, 0.3) is 0 Å². The number of hydrogen-bond donors (Lipinski definition) is 1. The molecular weight excluding hydrogens is 286 g/mol. The van der Waals surface area contributed by atoms with Crippen LogP contribution in [0.4, 0.5) is 17.6 Å². The van der Waals surface area contributed by atoms with Crippen LogP contribution in [0.1, 0.15) is 18.2 Å². The Kier molecular flexibility index (Phi) is 5.12. The molecule has 0 saturated carbocycles. The summed E-state index contributed by atoms with van der Waals surface area (Å²) < 4.78 is 57.1. The highest BCUT2D eigenvalue weighted by Gasteiger charge is 2.33. The van der Waals surface area contributed by atoms with Gasteiger partial charge in [-0.1, -0.05) is 0 Å². The molecule has 0 aromatic carbocycles. The standard InChI is InChI=1S/C11H11F4NO4/c1-2-19-9(17)3-7-10(18)6(4-12)8(5-16-7)20-11(13,14)15/h5,18H,2-4H2,1H3. The van der Waals surface area contributed by atoms with E-state index in [4.69, 9.17) is 0 Å². The Bertz CT molecular complexity index is 490. The maximum absolute atomic E-state index is 12.7. The molecule has 0 radical (unpaired) electrons. The number of rotatable bonds is 5. The van der Waals surface area contributed by atoms with Crippen LogP contribution in [-0.4, -0.2) is 29.0 Å². The number of carbonyl (C=O) groups is 1. The summed E-state index contributed by atoms with van der Waals surface area (Å²) >= 11 is 0. The van der Waals surface area contributed by atoms with Gasteiger partial charge in [-0.05, 0) is 6.92 Å². The molecule has 112 valence electrons. The largest absolute Gasteiger partial charge is 0.573 e. The van der Waals surface area contributed by atoms with Gasteiger partial charge in [-0.25, -0.2) is 4.39 Å². The average molecular weight is 297 g/mol. The second-order valence-corrected chi connectivity index (χ2v) is 3.56. The Morgan fingerprint density at radius 3 is 2.60 bits per heavy atom. The number of aromatic nitrogens is 1. The molecule has 0 bridgehead atoms. The van der Waals surface area contributed by atoms with E-state index < -0.39 is 42.5 Å². The van der Waals surface area contributed by atoms with E-state index in [-0.39, 0.29) is 12.3 Å². The molecule has 1 N–H and O–H groups in total. The van der Waals surface area contributed by atoms with Crippen molar-refractivity contribution in [2.75, 3.05) is 6.61 Å². The lowest BCUT2D eigenvalue weighted by Gasteiger charge is -2.14. The van der Waals surface area contributed by atoms with E-state index in [1.807, 2.05) is 0 Å². The van der Waals surface area contributed by atoms with E-state index in [0.29, 0.717) is 6.20 Å². The summed E-state index contributed by atoms with van der Waals surface area (Å²) in [5.74, 6) is -2.56. The molecule has 0 amide bonds. The number of hydrogen-bond acceptors (Lipinski definition) is 5. The van der Waals surface area contributed by atoms with E-state index in [2.05, 4.69) is 14.5 Å². The van der Waals surface area contributed by atoms with Crippen LogP contribution < -0.4 is 4.74 Å². The van der Waals surface area contributed by atoms with Gasteiger partial charge in [0.2, 0.25) is 0 Å². The Morgan fingerprint density at radius 2 is 2.10 bits per heavy atom. The van der Waals surface area contributed by atoms with E-state index in [1.165, 1.54) is 0 Å². The zero-order valence-corrected chi connectivity index (χ0v) is 10.3. The summed E-state index contributed by atoms with van der Waals surface area (Å²) in [4.78, 5) is 14.7. The van der Waals surface area contributed by atoms with E-state index >= 15 is 0 Å². The first-order valence-corrected chi connectivity index (χ1v) is 5.45. The van der Waals surface area contributed by atoms with Gasteiger partial charge in [-0.15, -0.1) is 13.2 Å². The molecular formula is C11H11F4NO4. The topological polar surface area (TPSA) is 68.7 Å². The second kappa shape index (κ2) is 6.40. The summed E-state index contributed by atoms with van der Waals surface area (Å²) in [6, 6.07) is 0. The van der Waals surface area contributed by atoms with Crippen molar-refractivity contribution in [2.45, 2.75) is 26.4 Å². The van der Waals surface area contributed by atoms with Crippen molar-refractivity contribution >= 4 is 5.97 Å². The second-order valence-electron chi connectivity index (χ2n) is 3.56. The van der Waals surface area contributed by atoms with Gasteiger partial charge >= 0.3 is 12.3 Å². The fraction of sp³-hybridized carbons (Fsp3) is 0.455. The molecule has 1 heterocycles. The van der Waals surface area contributed by atoms with Crippen molar-refractivity contribution in [2.24, 2.45) is 0 Å². The minimum atomic E-state index is -5.04. The molecule has 0 saturated heterocycles. The lowest BCUT2D eigenvalue weighted by molar-refractivity contribution is -0.275. The molecule has 0 aliphatic heterocycles. The monoisotopic (exact) mass is 297 g/mol. The van der Waals surface area contributed by atoms with Crippen LogP contribution in [0.25, 0.3) is 0 Å². The molecule has 0 fully saturated rings. The smallest absolute Gasteiger partial charge is 0.505 e. The molecule has 0 unspecified atom stereocenters. The summed E-state index contributed by atoms with van der Waals surface area (Å²) in [5, 5.41) is 9.63. The van der Waals surface area contributed by atoms with Crippen molar-refractivity contribution in [1.82, 2.24) is 4.98 Å². The molecule has 9 heteroatoms. The summed E-state index contributed by atoms with van der Waals surface area (Å²) in [7, 11) is 0. The number of ether oxygens (including phenoxy) is 2. The SMILES string of the molecule is CCOC(=O)Cc1ncc(OC(F)(F)F)c(CF)c1O. The number of halogens is 4. The van der Waals surface area contributed by atoms with Crippen molar-refractivity contribution < 1.29 is 36.9 Å².